The third-order valence-corrected chi connectivity index (χ3v) is 3.78. The van der Waals surface area contributed by atoms with Crippen LogP contribution >= 0.6 is 0 Å². The monoisotopic (exact) mass is 236 g/mol. The third kappa shape index (κ3) is 2.86. The standard InChI is InChI=1S/C13H24N4/c1-3-8-17-13(10-15-16-17)12-7-5-6-11(12)9-14-4-2/h10-12,14H,3-9H2,1-2H3. The SMILES string of the molecule is CCCn1nncc1C1CCCC1CNCC. The minimum absolute atomic E-state index is 0.663. The van der Waals surface area contributed by atoms with E-state index in [1.54, 1.807) is 0 Å². The molecule has 2 rings (SSSR count). The lowest BCUT2D eigenvalue weighted by Crippen LogP contribution is -2.25. The molecule has 0 amide bonds. The van der Waals surface area contributed by atoms with E-state index in [1.807, 2.05) is 6.20 Å². The molecule has 0 saturated heterocycles. The third-order valence-electron chi connectivity index (χ3n) is 3.78. The van der Waals surface area contributed by atoms with Gasteiger partial charge in [0.15, 0.2) is 0 Å². The van der Waals surface area contributed by atoms with Crippen molar-refractivity contribution in [2.24, 2.45) is 5.92 Å². The molecule has 2 unspecified atom stereocenters. The first-order valence-electron chi connectivity index (χ1n) is 6.95. The van der Waals surface area contributed by atoms with Crippen LogP contribution in [0.2, 0.25) is 0 Å². The first kappa shape index (κ1) is 12.6. The molecule has 4 nitrogen and oxygen atoms in total. The van der Waals surface area contributed by atoms with Gasteiger partial charge in [0, 0.05) is 12.5 Å². The molecule has 96 valence electrons. The summed E-state index contributed by atoms with van der Waals surface area (Å²) in [5.74, 6) is 1.43. The predicted molar refractivity (Wildman–Crippen MR) is 68.9 cm³/mol. The lowest BCUT2D eigenvalue weighted by Gasteiger charge is -2.20. The summed E-state index contributed by atoms with van der Waals surface area (Å²) in [6.07, 6.45) is 7.09. The molecule has 1 aliphatic rings. The van der Waals surface area contributed by atoms with Crippen LogP contribution in [0.15, 0.2) is 6.20 Å². The van der Waals surface area contributed by atoms with Gasteiger partial charge in [0.1, 0.15) is 0 Å². The van der Waals surface area contributed by atoms with E-state index < -0.39 is 0 Å². The second kappa shape index (κ2) is 6.15. The smallest absolute Gasteiger partial charge is 0.0728 e. The second-order valence-corrected chi connectivity index (χ2v) is 4.99. The van der Waals surface area contributed by atoms with Crippen LogP contribution in [0.4, 0.5) is 0 Å². The number of aryl methyl sites for hydroxylation is 1. The zero-order valence-corrected chi connectivity index (χ0v) is 11.0. The average molecular weight is 236 g/mol. The van der Waals surface area contributed by atoms with E-state index in [2.05, 4.69) is 34.2 Å². The number of hydrogen-bond acceptors (Lipinski definition) is 3. The van der Waals surface area contributed by atoms with Crippen molar-refractivity contribution >= 4 is 0 Å². The molecule has 4 heteroatoms. The van der Waals surface area contributed by atoms with E-state index in [-0.39, 0.29) is 0 Å². The molecule has 0 bridgehead atoms. The van der Waals surface area contributed by atoms with E-state index in [9.17, 15) is 0 Å². The van der Waals surface area contributed by atoms with Gasteiger partial charge in [-0.3, -0.25) is 0 Å². The predicted octanol–water partition coefficient (Wildman–Crippen LogP) is 2.18. The summed E-state index contributed by atoms with van der Waals surface area (Å²) in [6.45, 7) is 7.57. The van der Waals surface area contributed by atoms with Gasteiger partial charge in [-0.15, -0.1) is 5.10 Å². The Kier molecular flexibility index (Phi) is 4.54. The summed E-state index contributed by atoms with van der Waals surface area (Å²) < 4.78 is 2.11. The van der Waals surface area contributed by atoms with Crippen molar-refractivity contribution in [2.45, 2.75) is 52.0 Å². The van der Waals surface area contributed by atoms with E-state index >= 15 is 0 Å². The van der Waals surface area contributed by atoms with Crippen molar-refractivity contribution in [3.8, 4) is 0 Å². The average Bonchev–Trinajstić information content (AvgIpc) is 2.94. The van der Waals surface area contributed by atoms with Crippen LogP contribution in [0.5, 0.6) is 0 Å². The Balaban J connectivity index is 2.06. The number of nitrogens with zero attached hydrogens (tertiary/aromatic N) is 3. The maximum Gasteiger partial charge on any atom is 0.0728 e. The maximum absolute atomic E-state index is 4.21. The van der Waals surface area contributed by atoms with Crippen molar-refractivity contribution in [1.82, 2.24) is 20.3 Å². The van der Waals surface area contributed by atoms with Crippen LogP contribution < -0.4 is 5.32 Å². The van der Waals surface area contributed by atoms with Crippen molar-refractivity contribution in [2.75, 3.05) is 13.1 Å². The summed E-state index contributed by atoms with van der Waals surface area (Å²) in [7, 11) is 0. The molecule has 2 atom stereocenters. The molecule has 1 fully saturated rings. The number of aromatic nitrogens is 3. The van der Waals surface area contributed by atoms with Gasteiger partial charge in [0.2, 0.25) is 0 Å². The first-order chi connectivity index (χ1) is 8.36. The topological polar surface area (TPSA) is 42.7 Å². The van der Waals surface area contributed by atoms with Gasteiger partial charge in [-0.05, 0) is 38.3 Å². The highest BCUT2D eigenvalue weighted by atomic mass is 15.4. The van der Waals surface area contributed by atoms with E-state index in [1.165, 1.54) is 25.0 Å². The Morgan fingerprint density at radius 3 is 3.06 bits per heavy atom. The second-order valence-electron chi connectivity index (χ2n) is 4.99. The zero-order valence-electron chi connectivity index (χ0n) is 11.0. The molecule has 1 aromatic rings. The van der Waals surface area contributed by atoms with E-state index in [0.29, 0.717) is 5.92 Å². The summed E-state index contributed by atoms with van der Waals surface area (Å²) >= 11 is 0. The Morgan fingerprint density at radius 1 is 1.41 bits per heavy atom. The van der Waals surface area contributed by atoms with Gasteiger partial charge in [-0.25, -0.2) is 4.68 Å². The fourth-order valence-corrected chi connectivity index (χ4v) is 2.94. The van der Waals surface area contributed by atoms with Crippen molar-refractivity contribution in [3.05, 3.63) is 11.9 Å². The highest BCUT2D eigenvalue weighted by Gasteiger charge is 2.30. The quantitative estimate of drug-likeness (QED) is 0.823. The largest absolute Gasteiger partial charge is 0.317 e. The minimum Gasteiger partial charge on any atom is -0.317 e. The highest BCUT2D eigenvalue weighted by molar-refractivity contribution is 5.08. The molecule has 0 aromatic carbocycles. The van der Waals surface area contributed by atoms with Crippen LogP contribution in [0, 0.1) is 5.92 Å². The molecular formula is C13H24N4. The number of nitrogens with one attached hydrogen (secondary N) is 1. The number of hydrogen-bond donors (Lipinski definition) is 1. The van der Waals surface area contributed by atoms with Crippen LogP contribution in [-0.2, 0) is 6.54 Å². The molecule has 0 spiro atoms. The fourth-order valence-electron chi connectivity index (χ4n) is 2.94. The van der Waals surface area contributed by atoms with Crippen molar-refractivity contribution in [1.29, 1.82) is 0 Å². The van der Waals surface area contributed by atoms with Crippen molar-refractivity contribution < 1.29 is 0 Å². The summed E-state index contributed by atoms with van der Waals surface area (Å²) in [4.78, 5) is 0. The Morgan fingerprint density at radius 2 is 2.29 bits per heavy atom. The van der Waals surface area contributed by atoms with Gasteiger partial charge in [-0.1, -0.05) is 25.5 Å². The molecule has 1 saturated carbocycles. The van der Waals surface area contributed by atoms with Crippen molar-refractivity contribution in [3.63, 3.8) is 0 Å². The fraction of sp³-hybridized carbons (Fsp3) is 0.846. The van der Waals surface area contributed by atoms with Crippen LogP contribution in [0.1, 0.15) is 51.1 Å². The van der Waals surface area contributed by atoms with Crippen LogP contribution in [0.3, 0.4) is 0 Å². The highest BCUT2D eigenvalue weighted by Crippen LogP contribution is 2.38. The van der Waals surface area contributed by atoms with E-state index in [4.69, 9.17) is 0 Å². The van der Waals surface area contributed by atoms with Gasteiger partial charge in [0.25, 0.3) is 0 Å². The van der Waals surface area contributed by atoms with Crippen LogP contribution in [0.25, 0.3) is 0 Å². The Hall–Kier alpha value is -0.900. The minimum atomic E-state index is 0.663. The molecule has 1 heterocycles. The maximum atomic E-state index is 4.21. The molecule has 17 heavy (non-hydrogen) atoms. The molecule has 1 aliphatic carbocycles. The normalized spacial score (nSPS) is 24.4. The molecule has 0 aliphatic heterocycles. The summed E-state index contributed by atoms with van der Waals surface area (Å²) in [6, 6.07) is 0. The lowest BCUT2D eigenvalue weighted by atomic mass is 9.93. The van der Waals surface area contributed by atoms with Gasteiger partial charge < -0.3 is 5.32 Å². The lowest BCUT2D eigenvalue weighted by molar-refractivity contribution is 0.421. The molecule has 1 aromatic heterocycles. The molecule has 0 radical (unpaired) electrons. The zero-order chi connectivity index (χ0) is 12.1. The van der Waals surface area contributed by atoms with Gasteiger partial charge in [-0.2, -0.15) is 0 Å². The molecular weight excluding hydrogens is 212 g/mol. The Bertz CT molecular complexity index is 334. The van der Waals surface area contributed by atoms with Crippen LogP contribution in [-0.4, -0.2) is 28.1 Å². The Labute approximate surface area is 104 Å². The first-order valence-corrected chi connectivity index (χ1v) is 6.95. The summed E-state index contributed by atoms with van der Waals surface area (Å²) in [5, 5.41) is 11.8. The molecule has 1 N–H and O–H groups in total. The summed E-state index contributed by atoms with van der Waals surface area (Å²) in [5.41, 5.74) is 1.35. The number of rotatable bonds is 6. The van der Waals surface area contributed by atoms with E-state index in [0.717, 1.165) is 32.0 Å². The van der Waals surface area contributed by atoms with Gasteiger partial charge in [0.05, 0.1) is 11.9 Å². The van der Waals surface area contributed by atoms with Gasteiger partial charge >= 0.3 is 0 Å².